The van der Waals surface area contributed by atoms with Crippen molar-refractivity contribution in [2.45, 2.75) is 18.0 Å². The number of benzene rings is 2. The summed E-state index contributed by atoms with van der Waals surface area (Å²) < 4.78 is 1.87. The molecule has 1 aromatic heterocycles. The van der Waals surface area contributed by atoms with E-state index >= 15 is 0 Å². The highest BCUT2D eigenvalue weighted by Crippen LogP contribution is 2.23. The second-order valence-electron chi connectivity index (χ2n) is 5.55. The van der Waals surface area contributed by atoms with Gasteiger partial charge < -0.3 is 5.32 Å². The number of amides is 1. The number of hydrogen-bond acceptors (Lipinski definition) is 3. The number of carbonyl (C=O) groups excluding carboxylic acids is 1. The maximum atomic E-state index is 12.4. The summed E-state index contributed by atoms with van der Waals surface area (Å²) in [6, 6.07) is 15.5. The van der Waals surface area contributed by atoms with Gasteiger partial charge in [0.05, 0.1) is 17.1 Å². The number of nitrogens with one attached hydrogen (secondary N) is 1. The molecule has 1 amide bonds. The Morgan fingerprint density at radius 2 is 1.96 bits per heavy atom. The lowest BCUT2D eigenvalue weighted by molar-refractivity contribution is 0.0951. The van der Waals surface area contributed by atoms with E-state index in [0.717, 1.165) is 22.6 Å². The van der Waals surface area contributed by atoms with Crippen LogP contribution < -0.4 is 5.32 Å². The summed E-state index contributed by atoms with van der Waals surface area (Å²) in [5, 5.41) is 7.58. The highest BCUT2D eigenvalue weighted by Gasteiger charge is 2.11. The average Bonchev–Trinajstić information content (AvgIpc) is 3.14. The average molecular weight is 372 g/mol. The Labute approximate surface area is 156 Å². The minimum absolute atomic E-state index is 0.165. The summed E-state index contributed by atoms with van der Waals surface area (Å²) in [4.78, 5) is 13.4. The Hall–Kier alpha value is -2.24. The molecule has 0 radical (unpaired) electrons. The largest absolute Gasteiger partial charge is 0.348 e. The van der Waals surface area contributed by atoms with Crippen molar-refractivity contribution >= 4 is 29.3 Å². The number of halogens is 1. The van der Waals surface area contributed by atoms with Crippen LogP contribution in [0.15, 0.2) is 65.8 Å². The standard InChI is InChI=1S/C19H18ClN3OS/c1-25-16-7-8-18(20)17(11-16)19(24)21-12-14-3-5-15(6-4-14)13-23-10-2-9-22-23/h2-11H,12-13H2,1H3,(H,21,24). The number of aromatic nitrogens is 2. The molecule has 2 aromatic carbocycles. The molecule has 0 saturated heterocycles. The van der Waals surface area contributed by atoms with E-state index < -0.39 is 0 Å². The van der Waals surface area contributed by atoms with Gasteiger partial charge in [0.15, 0.2) is 0 Å². The molecule has 0 aliphatic rings. The molecule has 0 aliphatic heterocycles. The summed E-state index contributed by atoms with van der Waals surface area (Å²) in [6.07, 6.45) is 5.66. The van der Waals surface area contributed by atoms with Gasteiger partial charge in [-0.2, -0.15) is 5.10 Å². The third kappa shape index (κ3) is 4.65. The normalized spacial score (nSPS) is 10.6. The van der Waals surface area contributed by atoms with Crippen LogP contribution in [-0.2, 0) is 13.1 Å². The molecule has 3 rings (SSSR count). The Bertz CT molecular complexity index is 848. The highest BCUT2D eigenvalue weighted by atomic mass is 35.5. The van der Waals surface area contributed by atoms with Gasteiger partial charge in [-0.15, -0.1) is 11.8 Å². The molecular formula is C19H18ClN3OS. The van der Waals surface area contributed by atoms with Crippen molar-refractivity contribution in [3.05, 3.63) is 82.6 Å². The molecule has 0 atom stereocenters. The van der Waals surface area contributed by atoms with Gasteiger partial charge in [-0.3, -0.25) is 9.48 Å². The number of carbonyl (C=O) groups is 1. The first-order valence-electron chi connectivity index (χ1n) is 7.82. The van der Waals surface area contributed by atoms with E-state index in [1.54, 1.807) is 24.0 Å². The Kier molecular flexibility index (Phi) is 5.79. The van der Waals surface area contributed by atoms with Crippen LogP contribution in [0.4, 0.5) is 0 Å². The van der Waals surface area contributed by atoms with Crippen LogP contribution in [0.5, 0.6) is 0 Å². The maximum Gasteiger partial charge on any atom is 0.253 e. The number of rotatable bonds is 6. The number of thioether (sulfide) groups is 1. The third-order valence-electron chi connectivity index (χ3n) is 3.80. The van der Waals surface area contributed by atoms with E-state index in [1.165, 1.54) is 0 Å². The van der Waals surface area contributed by atoms with Crippen molar-refractivity contribution in [2.75, 3.05) is 6.26 Å². The van der Waals surface area contributed by atoms with Crippen molar-refractivity contribution in [3.63, 3.8) is 0 Å². The molecule has 0 saturated carbocycles. The molecule has 0 spiro atoms. The lowest BCUT2D eigenvalue weighted by Gasteiger charge is -2.09. The van der Waals surface area contributed by atoms with Gasteiger partial charge >= 0.3 is 0 Å². The van der Waals surface area contributed by atoms with E-state index in [4.69, 9.17) is 11.6 Å². The SMILES string of the molecule is CSc1ccc(Cl)c(C(=O)NCc2ccc(Cn3cccn3)cc2)c1. The molecular weight excluding hydrogens is 354 g/mol. The number of hydrogen-bond donors (Lipinski definition) is 1. The van der Waals surface area contributed by atoms with Crippen LogP contribution >= 0.6 is 23.4 Å². The van der Waals surface area contributed by atoms with E-state index in [0.29, 0.717) is 17.1 Å². The van der Waals surface area contributed by atoms with Crippen LogP contribution in [-0.4, -0.2) is 21.9 Å². The first-order chi connectivity index (χ1) is 12.2. The lowest BCUT2D eigenvalue weighted by atomic mass is 10.1. The smallest absolute Gasteiger partial charge is 0.253 e. The van der Waals surface area contributed by atoms with Crippen molar-refractivity contribution in [1.29, 1.82) is 0 Å². The molecule has 0 unspecified atom stereocenters. The fourth-order valence-electron chi connectivity index (χ4n) is 2.43. The minimum atomic E-state index is -0.165. The van der Waals surface area contributed by atoms with Crippen LogP contribution in [0.25, 0.3) is 0 Å². The zero-order valence-corrected chi connectivity index (χ0v) is 15.3. The first kappa shape index (κ1) is 17.6. The maximum absolute atomic E-state index is 12.4. The van der Waals surface area contributed by atoms with Gasteiger partial charge in [0.25, 0.3) is 5.91 Å². The van der Waals surface area contributed by atoms with Gasteiger partial charge in [0, 0.05) is 23.8 Å². The molecule has 128 valence electrons. The van der Waals surface area contributed by atoms with Gasteiger partial charge in [-0.1, -0.05) is 35.9 Å². The predicted molar refractivity (Wildman–Crippen MR) is 102 cm³/mol. The summed E-state index contributed by atoms with van der Waals surface area (Å²) in [7, 11) is 0. The molecule has 6 heteroatoms. The van der Waals surface area contributed by atoms with Gasteiger partial charge in [0.2, 0.25) is 0 Å². The molecule has 4 nitrogen and oxygen atoms in total. The molecule has 1 N–H and O–H groups in total. The van der Waals surface area contributed by atoms with E-state index in [9.17, 15) is 4.79 Å². The van der Waals surface area contributed by atoms with Crippen LogP contribution in [0.1, 0.15) is 21.5 Å². The van der Waals surface area contributed by atoms with Crippen molar-refractivity contribution < 1.29 is 4.79 Å². The Morgan fingerprint density at radius 3 is 2.64 bits per heavy atom. The monoisotopic (exact) mass is 371 g/mol. The van der Waals surface area contributed by atoms with Gasteiger partial charge in [-0.05, 0) is 41.6 Å². The first-order valence-corrected chi connectivity index (χ1v) is 9.43. The topological polar surface area (TPSA) is 46.9 Å². The van der Waals surface area contributed by atoms with Crippen LogP contribution in [0.2, 0.25) is 5.02 Å². The molecule has 0 fully saturated rings. The van der Waals surface area contributed by atoms with E-state index in [-0.39, 0.29) is 5.91 Å². The fourth-order valence-corrected chi connectivity index (χ4v) is 3.07. The van der Waals surface area contributed by atoms with Crippen LogP contribution in [0.3, 0.4) is 0 Å². The molecule has 25 heavy (non-hydrogen) atoms. The second-order valence-corrected chi connectivity index (χ2v) is 6.84. The van der Waals surface area contributed by atoms with Crippen molar-refractivity contribution in [3.8, 4) is 0 Å². The lowest BCUT2D eigenvalue weighted by Crippen LogP contribution is -2.23. The van der Waals surface area contributed by atoms with E-state index in [1.807, 2.05) is 59.6 Å². The summed E-state index contributed by atoms with van der Waals surface area (Å²) in [6.45, 7) is 1.19. The van der Waals surface area contributed by atoms with Gasteiger partial charge in [0.1, 0.15) is 0 Å². The van der Waals surface area contributed by atoms with Crippen molar-refractivity contribution in [2.24, 2.45) is 0 Å². The van der Waals surface area contributed by atoms with E-state index in [2.05, 4.69) is 10.4 Å². The zero-order valence-electron chi connectivity index (χ0n) is 13.8. The van der Waals surface area contributed by atoms with Crippen LogP contribution in [0, 0.1) is 0 Å². The molecule has 1 heterocycles. The fraction of sp³-hybridized carbons (Fsp3) is 0.158. The molecule has 0 bridgehead atoms. The summed E-state index contributed by atoms with van der Waals surface area (Å²) in [5.41, 5.74) is 2.70. The summed E-state index contributed by atoms with van der Waals surface area (Å²) in [5.74, 6) is -0.165. The molecule has 0 aliphatic carbocycles. The van der Waals surface area contributed by atoms with Gasteiger partial charge in [-0.25, -0.2) is 0 Å². The van der Waals surface area contributed by atoms with Crippen molar-refractivity contribution in [1.82, 2.24) is 15.1 Å². The Morgan fingerprint density at radius 1 is 1.20 bits per heavy atom. The zero-order chi connectivity index (χ0) is 17.6. The third-order valence-corrected chi connectivity index (χ3v) is 4.85. The minimum Gasteiger partial charge on any atom is -0.348 e. The second kappa shape index (κ2) is 8.23. The quantitative estimate of drug-likeness (QED) is 0.659. The molecule has 3 aromatic rings. The number of nitrogens with zero attached hydrogens (tertiary/aromatic N) is 2. The highest BCUT2D eigenvalue weighted by molar-refractivity contribution is 7.98. The Balaban J connectivity index is 1.60. The summed E-state index contributed by atoms with van der Waals surface area (Å²) >= 11 is 7.72. The predicted octanol–water partition coefficient (Wildman–Crippen LogP) is 4.24.